The fourth-order valence-corrected chi connectivity index (χ4v) is 2.40. The predicted octanol–water partition coefficient (Wildman–Crippen LogP) is 4.42. The molecular formula is C18H18ClNO2. The van der Waals surface area contributed by atoms with Crippen LogP contribution in [0.5, 0.6) is 0 Å². The number of rotatable bonds is 7. The number of anilines is 1. The Balaban J connectivity index is 1.78. The van der Waals surface area contributed by atoms with E-state index in [1.165, 1.54) is 5.56 Å². The first-order valence-electron chi connectivity index (χ1n) is 7.29. The first-order chi connectivity index (χ1) is 10.7. The summed E-state index contributed by atoms with van der Waals surface area (Å²) in [4.78, 5) is 23.2. The van der Waals surface area contributed by atoms with Crippen molar-refractivity contribution < 1.29 is 9.59 Å². The van der Waals surface area contributed by atoms with Crippen molar-refractivity contribution >= 4 is 28.4 Å². The number of carbonyl (C=O) groups is 2. The molecule has 0 aliphatic carbocycles. The Kier molecular flexibility index (Phi) is 6.16. The number of hydrogen-bond donors (Lipinski definition) is 1. The van der Waals surface area contributed by atoms with Gasteiger partial charge in [0.2, 0.25) is 5.91 Å². The molecule has 0 aliphatic rings. The van der Waals surface area contributed by atoms with Gasteiger partial charge in [0, 0.05) is 6.42 Å². The van der Waals surface area contributed by atoms with Crippen molar-refractivity contribution in [1.29, 1.82) is 0 Å². The monoisotopic (exact) mass is 315 g/mol. The standard InChI is InChI=1S/C18H18ClNO2/c19-18(22)15-11-5-6-12-16(15)20-17(21)13-7-4-10-14-8-2-1-3-9-14/h1-3,5-6,8-9,11-12H,4,7,10,13H2,(H,20,21). The quantitative estimate of drug-likeness (QED) is 0.607. The zero-order valence-electron chi connectivity index (χ0n) is 12.2. The summed E-state index contributed by atoms with van der Waals surface area (Å²) in [7, 11) is 0. The van der Waals surface area contributed by atoms with Gasteiger partial charge in [-0.3, -0.25) is 9.59 Å². The molecule has 0 saturated heterocycles. The molecule has 1 N–H and O–H groups in total. The van der Waals surface area contributed by atoms with Gasteiger partial charge in [0.1, 0.15) is 0 Å². The summed E-state index contributed by atoms with van der Waals surface area (Å²) in [5.74, 6) is -0.0987. The fourth-order valence-electron chi connectivity index (χ4n) is 2.24. The number of benzene rings is 2. The topological polar surface area (TPSA) is 46.2 Å². The Hall–Kier alpha value is -2.13. The molecule has 0 atom stereocenters. The van der Waals surface area contributed by atoms with Gasteiger partial charge in [0.25, 0.3) is 5.24 Å². The van der Waals surface area contributed by atoms with Gasteiger partial charge in [-0.2, -0.15) is 0 Å². The van der Waals surface area contributed by atoms with Crippen LogP contribution in [0.3, 0.4) is 0 Å². The van der Waals surface area contributed by atoms with E-state index in [1.54, 1.807) is 24.3 Å². The molecule has 3 nitrogen and oxygen atoms in total. The average molecular weight is 316 g/mol. The molecule has 0 aromatic heterocycles. The normalized spacial score (nSPS) is 10.2. The number of unbranched alkanes of at least 4 members (excludes halogenated alkanes) is 1. The van der Waals surface area contributed by atoms with Crippen molar-refractivity contribution in [2.24, 2.45) is 0 Å². The number of aryl methyl sites for hydroxylation is 1. The second-order valence-corrected chi connectivity index (χ2v) is 5.40. The van der Waals surface area contributed by atoms with E-state index in [-0.39, 0.29) is 5.91 Å². The van der Waals surface area contributed by atoms with Crippen LogP contribution in [0.25, 0.3) is 0 Å². The molecule has 0 radical (unpaired) electrons. The van der Waals surface area contributed by atoms with E-state index >= 15 is 0 Å². The highest BCUT2D eigenvalue weighted by Crippen LogP contribution is 2.17. The molecule has 2 aromatic rings. The smallest absolute Gasteiger partial charge is 0.254 e. The van der Waals surface area contributed by atoms with Gasteiger partial charge in [-0.1, -0.05) is 42.5 Å². The summed E-state index contributed by atoms with van der Waals surface area (Å²) in [6.07, 6.45) is 3.15. The minimum Gasteiger partial charge on any atom is -0.325 e. The molecule has 0 saturated carbocycles. The highest BCUT2D eigenvalue weighted by Gasteiger charge is 2.10. The van der Waals surface area contributed by atoms with Crippen molar-refractivity contribution in [3.63, 3.8) is 0 Å². The molecule has 0 aliphatic heterocycles. The Morgan fingerprint density at radius 3 is 2.32 bits per heavy atom. The lowest BCUT2D eigenvalue weighted by molar-refractivity contribution is -0.116. The molecule has 0 unspecified atom stereocenters. The number of carbonyl (C=O) groups excluding carboxylic acids is 2. The summed E-state index contributed by atoms with van der Waals surface area (Å²) in [5.41, 5.74) is 2.07. The predicted molar refractivity (Wildman–Crippen MR) is 89.3 cm³/mol. The van der Waals surface area contributed by atoms with E-state index in [9.17, 15) is 9.59 Å². The number of nitrogens with one attached hydrogen (secondary N) is 1. The summed E-state index contributed by atoms with van der Waals surface area (Å²) < 4.78 is 0. The maximum Gasteiger partial charge on any atom is 0.254 e. The van der Waals surface area contributed by atoms with Crippen LogP contribution in [0.1, 0.15) is 35.2 Å². The van der Waals surface area contributed by atoms with Crippen LogP contribution in [-0.4, -0.2) is 11.1 Å². The Morgan fingerprint density at radius 1 is 0.909 bits per heavy atom. The van der Waals surface area contributed by atoms with Gasteiger partial charge < -0.3 is 5.32 Å². The van der Waals surface area contributed by atoms with E-state index in [0.29, 0.717) is 17.7 Å². The highest BCUT2D eigenvalue weighted by molar-refractivity contribution is 6.68. The van der Waals surface area contributed by atoms with Crippen LogP contribution in [0.4, 0.5) is 5.69 Å². The molecule has 0 fully saturated rings. The number of amides is 1. The summed E-state index contributed by atoms with van der Waals surface area (Å²) in [6, 6.07) is 16.9. The first kappa shape index (κ1) is 16.2. The van der Waals surface area contributed by atoms with Crippen LogP contribution in [0, 0.1) is 0 Å². The van der Waals surface area contributed by atoms with Gasteiger partial charge in [0.15, 0.2) is 0 Å². The molecular weight excluding hydrogens is 298 g/mol. The summed E-state index contributed by atoms with van der Waals surface area (Å²) in [6.45, 7) is 0. The van der Waals surface area contributed by atoms with Gasteiger partial charge in [-0.15, -0.1) is 0 Å². The van der Waals surface area contributed by atoms with Gasteiger partial charge >= 0.3 is 0 Å². The third-order valence-corrected chi connectivity index (χ3v) is 3.58. The zero-order chi connectivity index (χ0) is 15.8. The van der Waals surface area contributed by atoms with E-state index in [4.69, 9.17) is 11.6 Å². The zero-order valence-corrected chi connectivity index (χ0v) is 13.0. The van der Waals surface area contributed by atoms with Crippen LogP contribution in [0.2, 0.25) is 0 Å². The maximum absolute atomic E-state index is 11.9. The van der Waals surface area contributed by atoms with Gasteiger partial charge in [-0.05, 0) is 48.6 Å². The lowest BCUT2D eigenvalue weighted by Gasteiger charge is -2.08. The van der Waals surface area contributed by atoms with Crippen LogP contribution >= 0.6 is 11.6 Å². The SMILES string of the molecule is O=C(CCCCc1ccccc1)Nc1ccccc1C(=O)Cl. The Labute approximate surface area is 135 Å². The summed E-state index contributed by atoms with van der Waals surface area (Å²) in [5, 5.41) is 2.18. The number of hydrogen-bond acceptors (Lipinski definition) is 2. The third kappa shape index (κ3) is 5.01. The van der Waals surface area contributed by atoms with Crippen molar-refractivity contribution in [3.8, 4) is 0 Å². The third-order valence-electron chi connectivity index (χ3n) is 3.38. The summed E-state index contributed by atoms with van der Waals surface area (Å²) >= 11 is 5.50. The highest BCUT2D eigenvalue weighted by atomic mass is 35.5. The van der Waals surface area contributed by atoms with Crippen LogP contribution < -0.4 is 5.32 Å². The largest absolute Gasteiger partial charge is 0.325 e. The van der Waals surface area contributed by atoms with Crippen molar-refractivity contribution in [2.45, 2.75) is 25.7 Å². The average Bonchev–Trinajstić information content (AvgIpc) is 2.53. The molecule has 4 heteroatoms. The Bertz CT molecular complexity index is 641. The fraction of sp³-hybridized carbons (Fsp3) is 0.222. The lowest BCUT2D eigenvalue weighted by Crippen LogP contribution is -2.13. The van der Waals surface area contributed by atoms with E-state index < -0.39 is 5.24 Å². The second kappa shape index (κ2) is 8.35. The molecule has 0 heterocycles. The molecule has 1 amide bonds. The van der Waals surface area contributed by atoms with Crippen molar-refractivity contribution in [3.05, 3.63) is 65.7 Å². The van der Waals surface area contributed by atoms with Crippen molar-refractivity contribution in [1.82, 2.24) is 0 Å². The molecule has 2 aromatic carbocycles. The molecule has 2 rings (SSSR count). The molecule has 0 bridgehead atoms. The lowest BCUT2D eigenvalue weighted by atomic mass is 10.1. The Morgan fingerprint density at radius 2 is 1.59 bits per heavy atom. The molecule has 0 spiro atoms. The minimum atomic E-state index is -0.569. The van der Waals surface area contributed by atoms with E-state index in [1.807, 2.05) is 18.2 Å². The van der Waals surface area contributed by atoms with Crippen LogP contribution in [0.15, 0.2) is 54.6 Å². The maximum atomic E-state index is 11.9. The van der Waals surface area contributed by atoms with E-state index in [0.717, 1.165) is 19.3 Å². The van der Waals surface area contributed by atoms with E-state index in [2.05, 4.69) is 17.4 Å². The molecule has 114 valence electrons. The van der Waals surface area contributed by atoms with Crippen LogP contribution in [-0.2, 0) is 11.2 Å². The first-order valence-corrected chi connectivity index (χ1v) is 7.67. The van der Waals surface area contributed by atoms with Gasteiger partial charge in [0.05, 0.1) is 11.3 Å². The molecule has 22 heavy (non-hydrogen) atoms. The number of para-hydroxylation sites is 1. The van der Waals surface area contributed by atoms with Crippen molar-refractivity contribution in [2.75, 3.05) is 5.32 Å². The minimum absolute atomic E-state index is 0.0987. The number of halogens is 1. The van der Waals surface area contributed by atoms with Gasteiger partial charge in [-0.25, -0.2) is 0 Å². The second-order valence-electron chi connectivity index (χ2n) is 5.06.